The molecule has 1 aromatic carbocycles. The molecule has 0 radical (unpaired) electrons. The summed E-state index contributed by atoms with van der Waals surface area (Å²) >= 11 is 0. The van der Waals surface area contributed by atoms with E-state index >= 15 is 0 Å². The fourth-order valence-corrected chi connectivity index (χ4v) is 4.33. The Hall–Kier alpha value is -2.62. The summed E-state index contributed by atoms with van der Waals surface area (Å²) in [6.07, 6.45) is 3.16. The molecule has 134 valence electrons. The number of pyridine rings is 1. The van der Waals surface area contributed by atoms with Gasteiger partial charge in [0.05, 0.1) is 12.2 Å². The molecular weight excluding hydrogens is 354 g/mol. The van der Waals surface area contributed by atoms with Gasteiger partial charge in [-0.2, -0.15) is 4.68 Å². The molecule has 8 nitrogen and oxygen atoms in total. The van der Waals surface area contributed by atoms with E-state index in [0.29, 0.717) is 11.5 Å². The Morgan fingerprint density at radius 1 is 1.08 bits per heavy atom. The molecule has 26 heavy (non-hydrogen) atoms. The van der Waals surface area contributed by atoms with Gasteiger partial charge >= 0.3 is 5.69 Å². The van der Waals surface area contributed by atoms with Gasteiger partial charge in [-0.3, -0.25) is 9.55 Å². The summed E-state index contributed by atoms with van der Waals surface area (Å²) in [4.78, 5) is 16.7. The number of rotatable bonds is 3. The largest absolute Gasteiger partial charge is 0.593 e. The summed E-state index contributed by atoms with van der Waals surface area (Å²) in [5.41, 5.74) is 1.31. The van der Waals surface area contributed by atoms with Crippen LogP contribution in [0.1, 0.15) is 11.4 Å². The van der Waals surface area contributed by atoms with Gasteiger partial charge in [0, 0.05) is 18.9 Å². The molecule has 9 heteroatoms. The Labute approximate surface area is 151 Å². The Morgan fingerprint density at radius 3 is 2.46 bits per heavy atom. The summed E-state index contributed by atoms with van der Waals surface area (Å²) in [5, 5.41) is 4.33. The highest BCUT2D eigenvalue weighted by molar-refractivity contribution is 7.95. The monoisotopic (exact) mass is 371 g/mol. The summed E-state index contributed by atoms with van der Waals surface area (Å²) in [6.45, 7) is 2.46. The van der Waals surface area contributed by atoms with Crippen molar-refractivity contribution < 1.29 is 8.76 Å². The highest BCUT2D eigenvalue weighted by atomic mass is 32.3. The topological polar surface area (TPSA) is 96.1 Å². The predicted octanol–water partition coefficient (Wildman–Crippen LogP) is 1.16. The molecule has 3 aromatic rings. The molecule has 0 spiro atoms. The minimum absolute atomic E-state index is 0.0591. The van der Waals surface area contributed by atoms with Gasteiger partial charge in [-0.1, -0.05) is 21.9 Å². The van der Waals surface area contributed by atoms with Gasteiger partial charge in [0.25, 0.3) is 0 Å². The van der Waals surface area contributed by atoms with Crippen LogP contribution in [-0.4, -0.2) is 34.7 Å². The standard InChI is InChI=1S/C17H17N5O3S/c1-13-2-4-15(5-3-13)26(24,25)20-10-11-21-16(12-20)19-22(17(21)23)14-6-8-18-9-7-14/h2-9H,10-12H2,1H3. The third-order valence-electron chi connectivity index (χ3n) is 4.40. The highest BCUT2D eigenvalue weighted by Crippen LogP contribution is 2.25. The van der Waals surface area contributed by atoms with Crippen molar-refractivity contribution in [3.8, 4) is 5.69 Å². The molecule has 4 rings (SSSR count). The summed E-state index contributed by atoms with van der Waals surface area (Å²) in [5.74, 6) is 0.425. The molecule has 0 aliphatic carbocycles. The zero-order chi connectivity index (χ0) is 18.3. The highest BCUT2D eigenvalue weighted by Gasteiger charge is 2.35. The Bertz CT molecular complexity index is 1040. The molecule has 1 atom stereocenters. The van der Waals surface area contributed by atoms with Crippen LogP contribution in [0, 0.1) is 6.92 Å². The summed E-state index contributed by atoms with van der Waals surface area (Å²) in [7, 11) is -3.63. The summed E-state index contributed by atoms with van der Waals surface area (Å²) < 4.78 is 29.9. The number of aryl methyl sites for hydroxylation is 1. The van der Waals surface area contributed by atoms with Crippen molar-refractivity contribution in [3.63, 3.8) is 0 Å². The van der Waals surface area contributed by atoms with Gasteiger partial charge < -0.3 is 4.55 Å². The van der Waals surface area contributed by atoms with Gasteiger partial charge in [0.2, 0.25) is 0 Å². The van der Waals surface area contributed by atoms with Gasteiger partial charge in [0.15, 0.2) is 21.1 Å². The molecule has 0 bridgehead atoms. The Morgan fingerprint density at radius 2 is 1.77 bits per heavy atom. The lowest BCUT2D eigenvalue weighted by atomic mass is 10.2. The predicted molar refractivity (Wildman–Crippen MR) is 94.3 cm³/mol. The lowest BCUT2D eigenvalue weighted by Crippen LogP contribution is -2.43. The molecular formula is C17H17N5O3S. The second-order valence-corrected chi connectivity index (χ2v) is 8.06. The molecule has 0 amide bonds. The molecule has 0 saturated carbocycles. The smallest absolute Gasteiger partial charge is 0.350 e. The van der Waals surface area contributed by atoms with Crippen LogP contribution in [0.3, 0.4) is 0 Å². The van der Waals surface area contributed by atoms with Crippen LogP contribution >= 0.6 is 0 Å². The maximum atomic E-state index is 12.9. The van der Waals surface area contributed by atoms with Crippen molar-refractivity contribution in [1.29, 1.82) is 0 Å². The van der Waals surface area contributed by atoms with Crippen LogP contribution in [0.25, 0.3) is 5.69 Å². The second kappa shape index (κ2) is 6.27. The van der Waals surface area contributed by atoms with E-state index < -0.39 is 10.4 Å². The molecule has 0 saturated heterocycles. The molecule has 1 aliphatic rings. The first kappa shape index (κ1) is 16.8. The first-order valence-electron chi connectivity index (χ1n) is 8.13. The third kappa shape index (κ3) is 2.79. The van der Waals surface area contributed by atoms with Gasteiger partial charge in [0.1, 0.15) is 6.54 Å². The molecule has 0 fully saturated rings. The lowest BCUT2D eigenvalue weighted by Gasteiger charge is -2.29. The normalized spacial score (nSPS) is 16.8. The fraction of sp³-hybridized carbons (Fsp3) is 0.235. The van der Waals surface area contributed by atoms with Crippen LogP contribution in [0.15, 0.2) is 58.5 Å². The third-order valence-corrected chi connectivity index (χ3v) is 6.26. The zero-order valence-electron chi connectivity index (χ0n) is 14.1. The average Bonchev–Trinajstić information content (AvgIpc) is 2.99. The maximum Gasteiger partial charge on any atom is 0.350 e. The fourth-order valence-electron chi connectivity index (χ4n) is 2.94. The number of hydrogen-bond donors (Lipinski definition) is 0. The first-order valence-corrected chi connectivity index (χ1v) is 9.57. The number of fused-ring (bicyclic) bond motifs is 1. The van der Waals surface area contributed by atoms with E-state index in [1.54, 1.807) is 48.8 Å². The minimum Gasteiger partial charge on any atom is -0.593 e. The summed E-state index contributed by atoms with van der Waals surface area (Å²) in [6, 6.07) is 10.1. The minimum atomic E-state index is -3.63. The van der Waals surface area contributed by atoms with E-state index in [0.717, 1.165) is 5.56 Å². The van der Waals surface area contributed by atoms with Crippen LogP contribution < -0.4 is 5.69 Å². The molecule has 1 unspecified atom stereocenters. The van der Waals surface area contributed by atoms with E-state index in [4.69, 9.17) is 0 Å². The number of benzene rings is 1. The van der Waals surface area contributed by atoms with E-state index in [2.05, 4.69) is 10.1 Å². The van der Waals surface area contributed by atoms with Crippen LogP contribution in [-0.2, 0) is 27.7 Å². The Kier molecular flexibility index (Phi) is 4.06. The van der Waals surface area contributed by atoms with Crippen molar-refractivity contribution in [2.75, 3.05) is 6.54 Å². The SMILES string of the molecule is Cc1ccc([S+](=O)([O-])N2CCn3c(nn(-c4ccncc4)c3=O)C2)cc1. The molecule has 2 aromatic heterocycles. The molecule has 1 aliphatic heterocycles. The number of hydrogen-bond acceptors (Lipinski definition) is 5. The van der Waals surface area contributed by atoms with Gasteiger partial charge in [-0.15, -0.1) is 9.40 Å². The molecule has 0 N–H and O–H groups in total. The first-order chi connectivity index (χ1) is 12.5. The van der Waals surface area contributed by atoms with Crippen LogP contribution in [0.2, 0.25) is 0 Å². The van der Waals surface area contributed by atoms with Gasteiger partial charge in [-0.05, 0) is 31.2 Å². The van der Waals surface area contributed by atoms with Crippen molar-refractivity contribution in [1.82, 2.24) is 23.6 Å². The lowest BCUT2D eigenvalue weighted by molar-refractivity contribution is 0.300. The average molecular weight is 371 g/mol. The van der Waals surface area contributed by atoms with Crippen LogP contribution in [0.5, 0.6) is 0 Å². The van der Waals surface area contributed by atoms with Crippen molar-refractivity contribution in [3.05, 3.63) is 70.7 Å². The quantitative estimate of drug-likeness (QED) is 0.644. The van der Waals surface area contributed by atoms with Crippen molar-refractivity contribution >= 4 is 10.4 Å². The van der Waals surface area contributed by atoms with Crippen molar-refractivity contribution in [2.24, 2.45) is 0 Å². The van der Waals surface area contributed by atoms with Crippen LogP contribution in [0.4, 0.5) is 0 Å². The van der Waals surface area contributed by atoms with E-state index in [9.17, 15) is 13.6 Å². The number of sulfonamides is 1. The second-order valence-electron chi connectivity index (χ2n) is 6.12. The van der Waals surface area contributed by atoms with E-state index in [1.807, 2.05) is 6.92 Å². The number of nitrogens with zero attached hydrogens (tertiary/aromatic N) is 5. The van der Waals surface area contributed by atoms with Crippen molar-refractivity contribution in [2.45, 2.75) is 24.9 Å². The Balaban J connectivity index is 1.67. The zero-order valence-corrected chi connectivity index (χ0v) is 14.9. The van der Waals surface area contributed by atoms with Gasteiger partial charge in [-0.25, -0.2) is 4.79 Å². The molecule has 3 heterocycles. The van der Waals surface area contributed by atoms with E-state index in [-0.39, 0.29) is 30.2 Å². The van der Waals surface area contributed by atoms with E-state index in [1.165, 1.54) is 13.6 Å². The maximum absolute atomic E-state index is 12.9. The number of aromatic nitrogens is 4.